The first-order valence-electron chi connectivity index (χ1n) is 10.0. The predicted molar refractivity (Wildman–Crippen MR) is 116 cm³/mol. The summed E-state index contributed by atoms with van der Waals surface area (Å²) in [6.45, 7) is 0.950. The first kappa shape index (κ1) is 25.3. The molecule has 0 unspecified atom stereocenters. The Morgan fingerprint density at radius 3 is 2.28 bits per heavy atom. The topological polar surface area (TPSA) is 171 Å². The molecule has 0 aliphatic rings. The van der Waals surface area contributed by atoms with E-state index in [1.54, 1.807) is 24.3 Å². The SMILES string of the molecule is O=C(N[C@@H](Cc1cccc(C(=O)O)c1O)B(O)O)c1cccc(CN(CCO)CCO)c1. The van der Waals surface area contributed by atoms with Crippen molar-refractivity contribution in [1.82, 2.24) is 10.2 Å². The number of carboxylic acid groups (broad SMARTS) is 1. The molecule has 32 heavy (non-hydrogen) atoms. The molecule has 0 aromatic heterocycles. The van der Waals surface area contributed by atoms with Gasteiger partial charge in [0.25, 0.3) is 5.91 Å². The summed E-state index contributed by atoms with van der Waals surface area (Å²) < 4.78 is 0. The van der Waals surface area contributed by atoms with E-state index in [4.69, 9.17) is 15.3 Å². The van der Waals surface area contributed by atoms with Crippen LogP contribution in [-0.4, -0.2) is 86.6 Å². The first-order valence-corrected chi connectivity index (χ1v) is 10.0. The van der Waals surface area contributed by atoms with Crippen molar-refractivity contribution in [2.45, 2.75) is 18.9 Å². The Hall–Kier alpha value is -2.96. The maximum absolute atomic E-state index is 12.7. The summed E-state index contributed by atoms with van der Waals surface area (Å²) in [4.78, 5) is 25.7. The lowest BCUT2D eigenvalue weighted by atomic mass is 9.75. The molecular weight excluding hydrogens is 419 g/mol. The molecule has 1 amide bonds. The number of aliphatic hydroxyl groups is 2. The van der Waals surface area contributed by atoms with E-state index in [1.165, 1.54) is 18.2 Å². The van der Waals surface area contributed by atoms with Crippen molar-refractivity contribution in [3.05, 3.63) is 64.7 Å². The van der Waals surface area contributed by atoms with Crippen LogP contribution >= 0.6 is 0 Å². The maximum atomic E-state index is 12.7. The van der Waals surface area contributed by atoms with Crippen LogP contribution < -0.4 is 5.32 Å². The van der Waals surface area contributed by atoms with Crippen LogP contribution in [0, 0.1) is 0 Å². The molecule has 0 aliphatic carbocycles. The third-order valence-electron chi connectivity index (χ3n) is 4.89. The fourth-order valence-corrected chi connectivity index (χ4v) is 3.27. The first-order chi connectivity index (χ1) is 15.3. The van der Waals surface area contributed by atoms with Gasteiger partial charge in [0.2, 0.25) is 0 Å². The zero-order chi connectivity index (χ0) is 23.7. The number of amides is 1. The minimum absolute atomic E-state index is 0.0772. The van der Waals surface area contributed by atoms with E-state index < -0.39 is 30.7 Å². The molecule has 11 heteroatoms. The van der Waals surface area contributed by atoms with Gasteiger partial charge in [-0.2, -0.15) is 0 Å². The summed E-state index contributed by atoms with van der Waals surface area (Å²) >= 11 is 0. The van der Waals surface area contributed by atoms with Gasteiger partial charge in [0.05, 0.1) is 19.2 Å². The second-order valence-corrected chi connectivity index (χ2v) is 7.24. The van der Waals surface area contributed by atoms with Gasteiger partial charge in [0, 0.05) is 25.2 Å². The van der Waals surface area contributed by atoms with Gasteiger partial charge in [-0.05, 0) is 35.7 Å². The number of benzene rings is 2. The average Bonchev–Trinajstić information content (AvgIpc) is 2.74. The summed E-state index contributed by atoms with van der Waals surface area (Å²) in [7, 11) is -1.96. The number of nitrogens with zero attached hydrogens (tertiary/aromatic N) is 1. The molecule has 10 nitrogen and oxygen atoms in total. The Morgan fingerprint density at radius 2 is 1.69 bits per heavy atom. The number of aliphatic hydroxyl groups excluding tert-OH is 2. The second-order valence-electron chi connectivity index (χ2n) is 7.24. The van der Waals surface area contributed by atoms with Gasteiger partial charge in [0.1, 0.15) is 11.3 Å². The summed E-state index contributed by atoms with van der Waals surface area (Å²) in [5, 5.41) is 59.5. The number of aromatic hydroxyl groups is 1. The lowest BCUT2D eigenvalue weighted by molar-refractivity contribution is 0.0693. The van der Waals surface area contributed by atoms with Crippen LogP contribution in [0.5, 0.6) is 5.75 Å². The van der Waals surface area contributed by atoms with Crippen LogP contribution in [-0.2, 0) is 13.0 Å². The Balaban J connectivity index is 2.15. The largest absolute Gasteiger partial charge is 0.507 e. The van der Waals surface area contributed by atoms with Gasteiger partial charge in [-0.25, -0.2) is 4.79 Å². The van der Waals surface area contributed by atoms with Crippen molar-refractivity contribution in [3.8, 4) is 5.75 Å². The Bertz CT molecular complexity index is 918. The standard InChI is InChI=1S/C21H27BN2O8/c25-9-7-24(8-10-26)13-14-3-1-5-16(11-14)20(28)23-18(22(31)32)12-15-4-2-6-17(19(15)27)21(29)30/h1-6,11,18,25-27,31-32H,7-10,12-13H2,(H,23,28)(H,29,30)/t18-/m0/s1. The van der Waals surface area contributed by atoms with Gasteiger partial charge in [0.15, 0.2) is 0 Å². The van der Waals surface area contributed by atoms with Crippen molar-refractivity contribution < 1.29 is 40.1 Å². The minimum Gasteiger partial charge on any atom is -0.507 e. The summed E-state index contributed by atoms with van der Waals surface area (Å²) in [6, 6.07) is 10.7. The molecule has 0 saturated carbocycles. The number of rotatable bonds is 12. The zero-order valence-corrected chi connectivity index (χ0v) is 17.4. The number of carbonyl (C=O) groups excluding carboxylic acids is 1. The molecule has 0 radical (unpaired) electrons. The zero-order valence-electron chi connectivity index (χ0n) is 17.4. The van der Waals surface area contributed by atoms with Gasteiger partial charge >= 0.3 is 13.1 Å². The number of carbonyl (C=O) groups is 2. The summed E-state index contributed by atoms with van der Waals surface area (Å²) in [5.41, 5.74) is 0.820. The van der Waals surface area contributed by atoms with Crippen LogP contribution in [0.1, 0.15) is 31.8 Å². The normalized spacial score (nSPS) is 11.9. The van der Waals surface area contributed by atoms with Gasteiger partial charge in [-0.1, -0.05) is 24.3 Å². The molecule has 7 N–H and O–H groups in total. The highest BCUT2D eigenvalue weighted by atomic mass is 16.4. The predicted octanol–water partition coefficient (Wildman–Crippen LogP) is -0.770. The van der Waals surface area contributed by atoms with Crippen LogP contribution in [0.25, 0.3) is 0 Å². The minimum atomic E-state index is -1.96. The Morgan fingerprint density at radius 1 is 1.03 bits per heavy atom. The number of hydrogen-bond acceptors (Lipinski definition) is 8. The highest BCUT2D eigenvalue weighted by Gasteiger charge is 2.28. The molecule has 0 bridgehead atoms. The number of nitrogens with one attached hydrogen (secondary N) is 1. The van der Waals surface area contributed by atoms with Crippen molar-refractivity contribution in [2.75, 3.05) is 26.3 Å². The van der Waals surface area contributed by atoms with Gasteiger partial charge < -0.3 is 35.8 Å². The number of phenols is 1. The summed E-state index contributed by atoms with van der Waals surface area (Å²) in [5.74, 6) is -3.63. The van der Waals surface area contributed by atoms with Gasteiger partial charge in [-0.3, -0.25) is 9.69 Å². The molecule has 0 saturated heterocycles. The van der Waals surface area contributed by atoms with Gasteiger partial charge in [-0.15, -0.1) is 0 Å². The number of aromatic carboxylic acids is 1. The molecule has 0 heterocycles. The number of para-hydroxylation sites is 1. The van der Waals surface area contributed by atoms with E-state index in [1.807, 2.05) is 4.90 Å². The van der Waals surface area contributed by atoms with Crippen LogP contribution in [0.2, 0.25) is 0 Å². The molecule has 2 aromatic carbocycles. The molecule has 0 aliphatic heterocycles. The van der Waals surface area contributed by atoms with E-state index in [0.29, 0.717) is 19.6 Å². The van der Waals surface area contributed by atoms with Crippen LogP contribution in [0.3, 0.4) is 0 Å². The second kappa shape index (κ2) is 12.2. The monoisotopic (exact) mass is 446 g/mol. The molecule has 2 aromatic rings. The Kier molecular flexibility index (Phi) is 9.63. The lowest BCUT2D eigenvalue weighted by Crippen LogP contribution is -2.48. The van der Waals surface area contributed by atoms with Crippen molar-refractivity contribution in [3.63, 3.8) is 0 Å². The third kappa shape index (κ3) is 7.04. The smallest absolute Gasteiger partial charge is 0.475 e. The average molecular weight is 446 g/mol. The number of carboxylic acids is 1. The Labute approximate surface area is 185 Å². The number of hydrogen-bond donors (Lipinski definition) is 7. The third-order valence-corrected chi connectivity index (χ3v) is 4.89. The van der Waals surface area contributed by atoms with E-state index in [0.717, 1.165) is 5.56 Å². The molecule has 2 rings (SSSR count). The van der Waals surface area contributed by atoms with Crippen molar-refractivity contribution in [1.29, 1.82) is 0 Å². The van der Waals surface area contributed by atoms with Crippen LogP contribution in [0.4, 0.5) is 0 Å². The van der Waals surface area contributed by atoms with Crippen molar-refractivity contribution in [2.24, 2.45) is 0 Å². The molecule has 1 atom stereocenters. The fourth-order valence-electron chi connectivity index (χ4n) is 3.27. The maximum Gasteiger partial charge on any atom is 0.475 e. The fraction of sp³-hybridized carbons (Fsp3) is 0.333. The van der Waals surface area contributed by atoms with E-state index in [9.17, 15) is 24.7 Å². The molecule has 172 valence electrons. The molecular formula is C21H27BN2O8. The molecule has 0 fully saturated rings. The van der Waals surface area contributed by atoms with E-state index >= 15 is 0 Å². The van der Waals surface area contributed by atoms with E-state index in [-0.39, 0.29) is 36.3 Å². The van der Waals surface area contributed by atoms with E-state index in [2.05, 4.69) is 5.32 Å². The molecule has 0 spiro atoms. The lowest BCUT2D eigenvalue weighted by Gasteiger charge is -2.21. The quantitative estimate of drug-likeness (QED) is 0.207. The highest BCUT2D eigenvalue weighted by molar-refractivity contribution is 6.43. The van der Waals surface area contributed by atoms with Crippen molar-refractivity contribution >= 4 is 19.0 Å². The highest BCUT2D eigenvalue weighted by Crippen LogP contribution is 2.24. The van der Waals surface area contributed by atoms with Crippen LogP contribution in [0.15, 0.2) is 42.5 Å². The summed E-state index contributed by atoms with van der Waals surface area (Å²) in [6.07, 6.45) is -0.211.